The third-order valence-electron chi connectivity index (χ3n) is 4.40. The zero-order valence-electron chi connectivity index (χ0n) is 16.2. The molecule has 0 aliphatic rings. The van der Waals surface area contributed by atoms with E-state index in [0.29, 0.717) is 18.2 Å². The standard InChI is InChI=1S/C22H19N3O4S/c1-27-18-10-6-17(7-11-18)25(13-20-3-2-12-30-20)21(26)14-28-19-8-4-16(5-9-19)22-24-23-15-29-22/h2-12,15H,13-14H2,1H3. The SMILES string of the molecule is COc1ccc(N(Cc2cccs2)C(=O)COc2ccc(-c3nnco3)cc2)cc1. The number of hydrogen-bond acceptors (Lipinski definition) is 7. The molecule has 2 aromatic carbocycles. The molecule has 30 heavy (non-hydrogen) atoms. The molecule has 7 nitrogen and oxygen atoms in total. The molecular weight excluding hydrogens is 402 g/mol. The van der Waals surface area contributed by atoms with E-state index in [-0.39, 0.29) is 12.5 Å². The van der Waals surface area contributed by atoms with Crippen molar-refractivity contribution in [1.29, 1.82) is 0 Å². The average molecular weight is 421 g/mol. The van der Waals surface area contributed by atoms with Crippen molar-refractivity contribution in [1.82, 2.24) is 10.2 Å². The first-order chi connectivity index (χ1) is 14.7. The van der Waals surface area contributed by atoms with Gasteiger partial charge >= 0.3 is 0 Å². The number of amides is 1. The lowest BCUT2D eigenvalue weighted by atomic mass is 10.2. The molecule has 2 heterocycles. The lowest BCUT2D eigenvalue weighted by molar-refractivity contribution is -0.120. The summed E-state index contributed by atoms with van der Waals surface area (Å²) in [5.41, 5.74) is 1.56. The Morgan fingerprint density at radius 2 is 1.83 bits per heavy atom. The van der Waals surface area contributed by atoms with Crippen molar-refractivity contribution in [2.45, 2.75) is 6.54 Å². The first-order valence-corrected chi connectivity index (χ1v) is 10.1. The van der Waals surface area contributed by atoms with Gasteiger partial charge in [0.1, 0.15) is 11.5 Å². The fourth-order valence-corrected chi connectivity index (χ4v) is 3.55. The quantitative estimate of drug-likeness (QED) is 0.419. The Hall–Kier alpha value is -3.65. The number of methoxy groups -OCH3 is 1. The zero-order chi connectivity index (χ0) is 20.8. The number of nitrogens with zero attached hydrogens (tertiary/aromatic N) is 3. The maximum Gasteiger partial charge on any atom is 0.265 e. The van der Waals surface area contributed by atoms with Crippen LogP contribution in [0.15, 0.2) is 76.9 Å². The molecule has 0 unspecified atom stereocenters. The summed E-state index contributed by atoms with van der Waals surface area (Å²) in [7, 11) is 1.61. The molecule has 0 saturated heterocycles. The largest absolute Gasteiger partial charge is 0.497 e. The topological polar surface area (TPSA) is 77.7 Å². The Morgan fingerprint density at radius 1 is 1.07 bits per heavy atom. The van der Waals surface area contributed by atoms with E-state index in [4.69, 9.17) is 13.9 Å². The van der Waals surface area contributed by atoms with E-state index in [0.717, 1.165) is 21.9 Å². The minimum absolute atomic E-state index is 0.0860. The lowest BCUT2D eigenvalue weighted by Crippen LogP contribution is -2.34. The summed E-state index contributed by atoms with van der Waals surface area (Å²) < 4.78 is 16.1. The molecule has 0 bridgehead atoms. The second kappa shape index (κ2) is 9.23. The number of aromatic nitrogens is 2. The third-order valence-corrected chi connectivity index (χ3v) is 5.26. The van der Waals surface area contributed by atoms with Gasteiger partial charge in [0.2, 0.25) is 12.3 Å². The Bertz CT molecular complexity index is 1060. The van der Waals surface area contributed by atoms with Crippen LogP contribution in [0.4, 0.5) is 5.69 Å². The van der Waals surface area contributed by atoms with Crippen LogP contribution in [0.1, 0.15) is 4.88 Å². The van der Waals surface area contributed by atoms with Crippen LogP contribution in [0.2, 0.25) is 0 Å². The molecule has 8 heteroatoms. The molecule has 4 aromatic rings. The maximum atomic E-state index is 13.0. The molecule has 0 saturated carbocycles. The Kier molecular flexibility index (Phi) is 6.05. The maximum absolute atomic E-state index is 13.0. The molecular formula is C22H19N3O4S. The number of rotatable bonds is 8. The number of anilines is 1. The van der Waals surface area contributed by atoms with Crippen LogP contribution in [0.25, 0.3) is 11.5 Å². The summed E-state index contributed by atoms with van der Waals surface area (Å²) in [6.45, 7) is 0.388. The zero-order valence-corrected chi connectivity index (χ0v) is 17.0. The van der Waals surface area contributed by atoms with Crippen molar-refractivity contribution in [3.05, 3.63) is 77.3 Å². The van der Waals surface area contributed by atoms with Gasteiger partial charge in [0.15, 0.2) is 6.61 Å². The predicted octanol–water partition coefficient (Wildman–Crippen LogP) is 4.42. The fraction of sp³-hybridized carbons (Fsp3) is 0.136. The summed E-state index contributed by atoms with van der Waals surface area (Å²) in [4.78, 5) is 15.8. The summed E-state index contributed by atoms with van der Waals surface area (Å²) >= 11 is 1.61. The van der Waals surface area contributed by atoms with Gasteiger partial charge in [-0.25, -0.2) is 0 Å². The second-order valence-electron chi connectivity index (χ2n) is 6.31. The molecule has 0 aliphatic heterocycles. The van der Waals surface area contributed by atoms with Crippen LogP contribution in [-0.4, -0.2) is 29.8 Å². The van der Waals surface area contributed by atoms with Crippen LogP contribution in [-0.2, 0) is 11.3 Å². The first kappa shape index (κ1) is 19.7. The number of hydrogen-bond donors (Lipinski definition) is 0. The van der Waals surface area contributed by atoms with E-state index >= 15 is 0 Å². The van der Waals surface area contributed by atoms with Gasteiger partial charge in [-0.3, -0.25) is 4.79 Å². The highest BCUT2D eigenvalue weighted by atomic mass is 32.1. The van der Waals surface area contributed by atoms with Gasteiger partial charge in [0.25, 0.3) is 5.91 Å². The molecule has 4 rings (SSSR count). The normalized spacial score (nSPS) is 10.6. The number of ether oxygens (including phenoxy) is 2. The molecule has 1 amide bonds. The van der Waals surface area contributed by atoms with Gasteiger partial charge in [-0.05, 0) is 60.0 Å². The Balaban J connectivity index is 1.45. The smallest absolute Gasteiger partial charge is 0.265 e. The van der Waals surface area contributed by atoms with Gasteiger partial charge < -0.3 is 18.8 Å². The van der Waals surface area contributed by atoms with Gasteiger partial charge in [0.05, 0.1) is 13.7 Å². The minimum Gasteiger partial charge on any atom is -0.497 e. The van der Waals surface area contributed by atoms with Gasteiger partial charge in [-0.2, -0.15) is 0 Å². The van der Waals surface area contributed by atoms with E-state index < -0.39 is 0 Å². The Morgan fingerprint density at radius 3 is 2.47 bits per heavy atom. The van der Waals surface area contributed by atoms with Crippen LogP contribution < -0.4 is 14.4 Å². The fourth-order valence-electron chi connectivity index (χ4n) is 2.86. The van der Waals surface area contributed by atoms with Crippen LogP contribution in [0.5, 0.6) is 11.5 Å². The Labute approximate surface area is 177 Å². The highest BCUT2D eigenvalue weighted by Gasteiger charge is 2.18. The first-order valence-electron chi connectivity index (χ1n) is 9.19. The van der Waals surface area contributed by atoms with Crippen molar-refractivity contribution in [2.24, 2.45) is 0 Å². The summed E-state index contributed by atoms with van der Waals surface area (Å²) in [5.74, 6) is 1.60. The van der Waals surface area contributed by atoms with Crippen molar-refractivity contribution in [3.8, 4) is 23.0 Å². The molecule has 2 aromatic heterocycles. The number of thiophene rings is 1. The van der Waals surface area contributed by atoms with Crippen LogP contribution in [0.3, 0.4) is 0 Å². The van der Waals surface area contributed by atoms with E-state index in [1.165, 1.54) is 6.39 Å². The minimum atomic E-state index is -0.144. The molecule has 0 aliphatic carbocycles. The number of carbonyl (C=O) groups is 1. The highest BCUT2D eigenvalue weighted by Crippen LogP contribution is 2.24. The van der Waals surface area contributed by atoms with Crippen molar-refractivity contribution < 1.29 is 18.7 Å². The van der Waals surface area contributed by atoms with Crippen LogP contribution in [0, 0.1) is 0 Å². The second-order valence-corrected chi connectivity index (χ2v) is 7.35. The van der Waals surface area contributed by atoms with Crippen molar-refractivity contribution in [2.75, 3.05) is 18.6 Å². The number of benzene rings is 2. The van der Waals surface area contributed by atoms with E-state index in [2.05, 4.69) is 10.2 Å². The van der Waals surface area contributed by atoms with Crippen LogP contribution >= 0.6 is 11.3 Å². The molecule has 0 atom stereocenters. The van der Waals surface area contributed by atoms with Crippen molar-refractivity contribution in [3.63, 3.8) is 0 Å². The van der Waals surface area contributed by atoms with E-state index in [9.17, 15) is 4.79 Å². The van der Waals surface area contributed by atoms with Gasteiger partial charge in [-0.1, -0.05) is 6.07 Å². The van der Waals surface area contributed by atoms with Gasteiger partial charge in [0, 0.05) is 16.1 Å². The van der Waals surface area contributed by atoms with Gasteiger partial charge in [-0.15, -0.1) is 21.5 Å². The molecule has 152 valence electrons. The number of carbonyl (C=O) groups excluding carboxylic acids is 1. The predicted molar refractivity (Wildman–Crippen MR) is 114 cm³/mol. The highest BCUT2D eigenvalue weighted by molar-refractivity contribution is 7.09. The van der Waals surface area contributed by atoms with Crippen molar-refractivity contribution >= 4 is 22.9 Å². The summed E-state index contributed by atoms with van der Waals surface area (Å²) in [6.07, 6.45) is 1.28. The van der Waals surface area contributed by atoms with E-state index in [1.54, 1.807) is 47.6 Å². The molecule has 0 radical (unpaired) electrons. The molecule has 0 fully saturated rings. The monoisotopic (exact) mass is 421 g/mol. The van der Waals surface area contributed by atoms with E-state index in [1.807, 2.05) is 41.8 Å². The molecule has 0 spiro atoms. The molecule has 0 N–H and O–H groups in total. The summed E-state index contributed by atoms with van der Waals surface area (Å²) in [5, 5.41) is 9.53. The summed E-state index contributed by atoms with van der Waals surface area (Å²) in [6, 6.07) is 18.5. The lowest BCUT2D eigenvalue weighted by Gasteiger charge is -2.22. The average Bonchev–Trinajstić information content (AvgIpc) is 3.51. The third kappa shape index (κ3) is 4.66.